The second-order valence-corrected chi connectivity index (χ2v) is 9.88. The molecule has 0 fully saturated rings. The van der Waals surface area contributed by atoms with Gasteiger partial charge in [-0.15, -0.1) is 0 Å². The monoisotopic (exact) mass is 437 g/mol. The fourth-order valence-corrected chi connectivity index (χ4v) is 3.95. The van der Waals surface area contributed by atoms with E-state index >= 15 is 0 Å². The zero-order valence-electron chi connectivity index (χ0n) is 19.4. The fraction of sp³-hybridized carbons (Fsp3) is 0.682. The molecule has 0 radical (unpaired) electrons. The van der Waals surface area contributed by atoms with Crippen molar-refractivity contribution in [2.45, 2.75) is 65.6 Å². The molecular weight excluding hydrogens is 402 g/mol. The van der Waals surface area contributed by atoms with E-state index in [9.17, 15) is 19.5 Å². The van der Waals surface area contributed by atoms with Gasteiger partial charge in [-0.3, -0.25) is 14.6 Å². The topological polar surface area (TPSA) is 123 Å². The van der Waals surface area contributed by atoms with E-state index < -0.39 is 28.9 Å². The predicted molar refractivity (Wildman–Crippen MR) is 118 cm³/mol. The quantitative estimate of drug-likeness (QED) is 0.534. The summed E-state index contributed by atoms with van der Waals surface area (Å²) in [5, 5.41) is 13.1. The maximum atomic E-state index is 12.7. The summed E-state index contributed by atoms with van der Waals surface area (Å²) in [7, 11) is 1.49. The second-order valence-electron chi connectivity index (χ2n) is 9.88. The Morgan fingerprint density at radius 1 is 1.32 bits per heavy atom. The third-order valence-electron chi connectivity index (χ3n) is 5.39. The highest BCUT2D eigenvalue weighted by atomic mass is 16.6. The fourth-order valence-electron chi connectivity index (χ4n) is 3.95. The Hall–Kier alpha value is -2.39. The Morgan fingerprint density at radius 3 is 2.55 bits per heavy atom. The summed E-state index contributed by atoms with van der Waals surface area (Å²) < 4.78 is 11.9. The lowest BCUT2D eigenvalue weighted by atomic mass is 9.72. The van der Waals surface area contributed by atoms with E-state index in [1.54, 1.807) is 0 Å². The van der Waals surface area contributed by atoms with E-state index in [0.29, 0.717) is 18.5 Å². The van der Waals surface area contributed by atoms with Crippen molar-refractivity contribution in [1.82, 2.24) is 14.9 Å². The second kappa shape index (κ2) is 9.40. The summed E-state index contributed by atoms with van der Waals surface area (Å²) >= 11 is 0. The van der Waals surface area contributed by atoms with Gasteiger partial charge in [-0.1, -0.05) is 41.5 Å². The molecule has 0 bridgehead atoms. The van der Waals surface area contributed by atoms with Crippen LogP contribution in [-0.4, -0.2) is 53.0 Å². The van der Waals surface area contributed by atoms with Crippen LogP contribution in [0.3, 0.4) is 0 Å². The maximum Gasteiger partial charge on any atom is 0.335 e. The summed E-state index contributed by atoms with van der Waals surface area (Å²) in [6.07, 6.45) is 1.92. The number of methoxy groups -OCH3 is 1. The standard InChI is InChI=1S/C22H35N3O6/c1-13(2)18(27)23-12-21(3,4)11-22(5,6)14-9-25(20(29)24-19(14)28)17-8-15(26)16(31-17)10-30-7/h8-9,13,15-16,26H,10-12H2,1-7H3,(H,23,27)(H,24,28,29)/t15?,16-/m1/s1. The van der Waals surface area contributed by atoms with Crippen LogP contribution in [0.5, 0.6) is 0 Å². The van der Waals surface area contributed by atoms with Crippen molar-refractivity contribution in [3.63, 3.8) is 0 Å². The molecule has 3 N–H and O–H groups in total. The molecule has 0 saturated carbocycles. The highest BCUT2D eigenvalue weighted by Gasteiger charge is 2.34. The number of ether oxygens (including phenoxy) is 2. The molecule has 0 aromatic carbocycles. The molecule has 0 aliphatic carbocycles. The van der Waals surface area contributed by atoms with Crippen LogP contribution >= 0.6 is 0 Å². The summed E-state index contributed by atoms with van der Waals surface area (Å²) in [5.41, 5.74) is -1.63. The van der Waals surface area contributed by atoms with Crippen LogP contribution in [0.15, 0.2) is 21.9 Å². The van der Waals surface area contributed by atoms with Crippen molar-refractivity contribution in [2.24, 2.45) is 11.3 Å². The number of carbonyl (C=O) groups excluding carboxylic acids is 1. The number of rotatable bonds is 9. The molecule has 1 aliphatic rings. The van der Waals surface area contributed by atoms with Crippen molar-refractivity contribution in [3.05, 3.63) is 38.7 Å². The largest absolute Gasteiger partial charge is 0.470 e. The number of hydrogen-bond acceptors (Lipinski definition) is 6. The minimum Gasteiger partial charge on any atom is -0.470 e. The van der Waals surface area contributed by atoms with Crippen LogP contribution in [0.25, 0.3) is 5.88 Å². The van der Waals surface area contributed by atoms with Crippen LogP contribution in [0.1, 0.15) is 53.5 Å². The van der Waals surface area contributed by atoms with Gasteiger partial charge in [0, 0.05) is 37.4 Å². The summed E-state index contributed by atoms with van der Waals surface area (Å²) in [4.78, 5) is 39.4. The molecule has 1 aromatic heterocycles. The van der Waals surface area contributed by atoms with E-state index in [-0.39, 0.29) is 29.7 Å². The van der Waals surface area contributed by atoms with Gasteiger partial charge in [-0.25, -0.2) is 9.36 Å². The minimum absolute atomic E-state index is 0.0215. The lowest BCUT2D eigenvalue weighted by molar-refractivity contribution is -0.124. The van der Waals surface area contributed by atoms with E-state index in [0.717, 1.165) is 0 Å². The average molecular weight is 438 g/mol. The van der Waals surface area contributed by atoms with Crippen LogP contribution in [-0.2, 0) is 19.7 Å². The molecular formula is C22H35N3O6. The predicted octanol–water partition coefficient (Wildman–Crippen LogP) is 1.21. The lowest BCUT2D eigenvalue weighted by Gasteiger charge is -2.35. The van der Waals surface area contributed by atoms with Crippen molar-refractivity contribution in [1.29, 1.82) is 0 Å². The van der Waals surface area contributed by atoms with E-state index in [1.807, 2.05) is 41.5 Å². The van der Waals surface area contributed by atoms with Crippen LogP contribution in [0, 0.1) is 11.3 Å². The maximum absolute atomic E-state index is 12.7. The van der Waals surface area contributed by atoms with Crippen LogP contribution in [0.2, 0.25) is 0 Å². The molecule has 1 amide bonds. The van der Waals surface area contributed by atoms with Crippen molar-refractivity contribution < 1.29 is 19.4 Å². The first-order valence-corrected chi connectivity index (χ1v) is 10.5. The summed E-state index contributed by atoms with van der Waals surface area (Å²) in [6.45, 7) is 12.2. The Labute approximate surface area is 182 Å². The van der Waals surface area contributed by atoms with Gasteiger partial charge >= 0.3 is 5.69 Å². The third kappa shape index (κ3) is 6.07. The van der Waals surface area contributed by atoms with Gasteiger partial charge in [-0.2, -0.15) is 0 Å². The molecule has 0 saturated heterocycles. The van der Waals surface area contributed by atoms with E-state index in [4.69, 9.17) is 9.47 Å². The smallest absolute Gasteiger partial charge is 0.335 e. The number of amides is 1. The molecule has 1 aromatic rings. The third-order valence-corrected chi connectivity index (χ3v) is 5.39. The molecule has 1 unspecified atom stereocenters. The molecule has 174 valence electrons. The number of nitrogens with zero attached hydrogens (tertiary/aromatic N) is 1. The number of nitrogens with one attached hydrogen (secondary N) is 2. The van der Waals surface area contributed by atoms with Gasteiger partial charge in [0.15, 0.2) is 6.10 Å². The number of hydrogen-bond donors (Lipinski definition) is 3. The Morgan fingerprint density at radius 2 is 1.97 bits per heavy atom. The molecule has 2 rings (SSSR count). The highest BCUT2D eigenvalue weighted by Crippen LogP contribution is 2.35. The normalized spacial score (nSPS) is 19.3. The number of aliphatic hydroxyl groups is 1. The summed E-state index contributed by atoms with van der Waals surface area (Å²) in [6, 6.07) is 0. The average Bonchev–Trinajstić information content (AvgIpc) is 2.99. The molecule has 0 spiro atoms. The Kier molecular flexibility index (Phi) is 7.54. The van der Waals surface area contributed by atoms with E-state index in [2.05, 4.69) is 10.3 Å². The number of H-pyrrole nitrogens is 1. The lowest BCUT2D eigenvalue weighted by Crippen LogP contribution is -2.42. The first-order valence-electron chi connectivity index (χ1n) is 10.5. The highest BCUT2D eigenvalue weighted by molar-refractivity contribution is 5.77. The Bertz CT molecular complexity index is 941. The van der Waals surface area contributed by atoms with Crippen LogP contribution < -0.4 is 16.6 Å². The van der Waals surface area contributed by atoms with E-state index in [1.165, 1.54) is 23.9 Å². The molecule has 1 aliphatic heterocycles. The van der Waals surface area contributed by atoms with Gasteiger partial charge in [0.25, 0.3) is 5.56 Å². The van der Waals surface area contributed by atoms with Crippen molar-refractivity contribution in [3.8, 4) is 0 Å². The van der Waals surface area contributed by atoms with Gasteiger partial charge < -0.3 is 19.9 Å². The number of aliphatic hydroxyl groups excluding tert-OH is 1. The molecule has 9 nitrogen and oxygen atoms in total. The zero-order chi connectivity index (χ0) is 23.6. The van der Waals surface area contributed by atoms with Gasteiger partial charge in [0.1, 0.15) is 6.10 Å². The molecule has 9 heteroatoms. The number of carbonyl (C=O) groups is 1. The molecule has 2 atom stereocenters. The summed E-state index contributed by atoms with van der Waals surface area (Å²) in [5.74, 6) is 0.0234. The first-order chi connectivity index (χ1) is 14.3. The molecule has 2 heterocycles. The zero-order valence-corrected chi connectivity index (χ0v) is 19.4. The first kappa shape index (κ1) is 24.9. The van der Waals surface area contributed by atoms with Gasteiger partial charge in [0.05, 0.1) is 6.61 Å². The Balaban J connectivity index is 2.30. The SMILES string of the molecule is COC[C@H]1OC(n2cc(C(C)(C)CC(C)(C)CNC(=O)C(C)C)c(=O)[nH]c2=O)=CC1O. The van der Waals surface area contributed by atoms with Crippen LogP contribution in [0.4, 0.5) is 0 Å². The molecule has 31 heavy (non-hydrogen) atoms. The van der Waals surface area contributed by atoms with Crippen molar-refractivity contribution >= 4 is 11.8 Å². The number of aromatic nitrogens is 2. The van der Waals surface area contributed by atoms with Gasteiger partial charge in [-0.05, 0) is 17.3 Å². The van der Waals surface area contributed by atoms with Crippen molar-refractivity contribution in [2.75, 3.05) is 20.3 Å². The number of aromatic amines is 1. The van der Waals surface area contributed by atoms with Gasteiger partial charge in [0.2, 0.25) is 11.8 Å². The minimum atomic E-state index is -0.922.